The number of carbonyl (C=O) groups excluding carboxylic acids is 1. The van der Waals surface area contributed by atoms with Gasteiger partial charge in [0, 0.05) is 32.5 Å². The number of likely N-dealkylation sites (tertiary alicyclic amines) is 1. The highest BCUT2D eigenvalue weighted by molar-refractivity contribution is 5.81. The quantitative estimate of drug-likeness (QED) is 0.938. The highest BCUT2D eigenvalue weighted by Crippen LogP contribution is 2.28. The number of amides is 1. The van der Waals surface area contributed by atoms with Crippen molar-refractivity contribution >= 4 is 22.9 Å². The second-order valence-corrected chi connectivity index (χ2v) is 6.09. The van der Waals surface area contributed by atoms with Crippen molar-refractivity contribution in [1.82, 2.24) is 14.5 Å². The first-order valence-corrected chi connectivity index (χ1v) is 7.97. The largest absolute Gasteiger partial charge is 0.481 e. The Morgan fingerprint density at radius 2 is 2.09 bits per heavy atom. The van der Waals surface area contributed by atoms with Crippen LogP contribution in [0, 0.1) is 0 Å². The summed E-state index contributed by atoms with van der Waals surface area (Å²) >= 11 is 0. The number of aliphatic carboxylic acids is 1. The van der Waals surface area contributed by atoms with Crippen molar-refractivity contribution in [2.45, 2.75) is 31.6 Å². The van der Waals surface area contributed by atoms with Gasteiger partial charge < -0.3 is 14.6 Å². The van der Waals surface area contributed by atoms with Crippen molar-refractivity contribution in [1.29, 1.82) is 0 Å². The van der Waals surface area contributed by atoms with Crippen LogP contribution < -0.4 is 0 Å². The van der Waals surface area contributed by atoms with Gasteiger partial charge in [0.05, 0.1) is 17.5 Å². The first-order valence-electron chi connectivity index (χ1n) is 7.97. The molecule has 1 aliphatic heterocycles. The molecular formula is C17H21N3O3. The summed E-state index contributed by atoms with van der Waals surface area (Å²) in [7, 11) is 2.01. The molecule has 1 unspecified atom stereocenters. The minimum atomic E-state index is -0.928. The molecule has 3 rings (SSSR count). The maximum absolute atomic E-state index is 12.2. The van der Waals surface area contributed by atoms with Crippen molar-refractivity contribution in [3.63, 3.8) is 0 Å². The van der Waals surface area contributed by atoms with Gasteiger partial charge in [0.25, 0.3) is 0 Å². The van der Waals surface area contributed by atoms with E-state index in [0.717, 1.165) is 29.7 Å². The van der Waals surface area contributed by atoms with E-state index >= 15 is 0 Å². The van der Waals surface area contributed by atoms with Crippen molar-refractivity contribution in [3.05, 3.63) is 30.1 Å². The number of carbonyl (C=O) groups is 2. The van der Waals surface area contributed by atoms with Crippen LogP contribution in [0.2, 0.25) is 0 Å². The van der Waals surface area contributed by atoms with Gasteiger partial charge in [0.2, 0.25) is 5.91 Å². The van der Waals surface area contributed by atoms with Crippen molar-refractivity contribution in [2.75, 3.05) is 13.1 Å². The van der Waals surface area contributed by atoms with E-state index in [9.17, 15) is 9.59 Å². The number of para-hydroxylation sites is 2. The Bertz CT molecular complexity index is 738. The summed E-state index contributed by atoms with van der Waals surface area (Å²) in [6, 6.07) is 8.01. The topological polar surface area (TPSA) is 75.4 Å². The van der Waals surface area contributed by atoms with E-state index in [4.69, 9.17) is 10.1 Å². The van der Waals surface area contributed by atoms with Crippen molar-refractivity contribution < 1.29 is 14.7 Å². The first-order chi connectivity index (χ1) is 11.1. The molecule has 1 aromatic heterocycles. The van der Waals surface area contributed by atoms with Crippen LogP contribution in [-0.2, 0) is 16.6 Å². The smallest absolute Gasteiger partial charge is 0.303 e. The fourth-order valence-electron chi connectivity index (χ4n) is 3.32. The molecule has 1 aliphatic rings. The molecule has 1 N–H and O–H groups in total. The Morgan fingerprint density at radius 1 is 1.30 bits per heavy atom. The number of carboxylic acids is 1. The molecule has 0 radical (unpaired) electrons. The van der Waals surface area contributed by atoms with E-state index in [1.54, 1.807) is 4.90 Å². The van der Waals surface area contributed by atoms with Crippen LogP contribution in [0.3, 0.4) is 0 Å². The van der Waals surface area contributed by atoms with Gasteiger partial charge in [0.15, 0.2) is 0 Å². The van der Waals surface area contributed by atoms with Gasteiger partial charge in [-0.15, -0.1) is 0 Å². The fourth-order valence-corrected chi connectivity index (χ4v) is 3.32. The summed E-state index contributed by atoms with van der Waals surface area (Å²) in [6.45, 7) is 1.33. The van der Waals surface area contributed by atoms with Crippen molar-refractivity contribution in [3.8, 4) is 0 Å². The number of piperidine rings is 1. The molecule has 0 bridgehead atoms. The third kappa shape index (κ3) is 3.21. The minimum absolute atomic E-state index is 0.0733. The number of rotatable bonds is 4. The zero-order valence-corrected chi connectivity index (χ0v) is 13.2. The SMILES string of the molecule is Cn1c(C2CCCN(C(=O)CCC(=O)O)C2)nc2ccccc21. The van der Waals surface area contributed by atoms with Crippen LogP contribution >= 0.6 is 0 Å². The molecule has 1 aromatic carbocycles. The lowest BCUT2D eigenvalue weighted by molar-refractivity contribution is -0.141. The van der Waals surface area contributed by atoms with E-state index in [-0.39, 0.29) is 24.7 Å². The predicted octanol–water partition coefficient (Wildman–Crippen LogP) is 2.14. The Hall–Kier alpha value is -2.37. The average Bonchev–Trinajstić information content (AvgIpc) is 2.90. The van der Waals surface area contributed by atoms with Crippen LogP contribution in [-0.4, -0.2) is 44.5 Å². The number of hydrogen-bond donors (Lipinski definition) is 1. The van der Waals surface area contributed by atoms with E-state index in [2.05, 4.69) is 4.57 Å². The predicted molar refractivity (Wildman–Crippen MR) is 86.1 cm³/mol. The first kappa shape index (κ1) is 15.5. The fraction of sp³-hybridized carbons (Fsp3) is 0.471. The molecule has 122 valence electrons. The summed E-state index contributed by atoms with van der Waals surface area (Å²) in [5.74, 6) is 0.204. The molecule has 1 fully saturated rings. The van der Waals surface area contributed by atoms with E-state index in [1.165, 1.54) is 0 Å². The lowest BCUT2D eigenvalue weighted by atomic mass is 9.96. The molecule has 2 heterocycles. The van der Waals surface area contributed by atoms with Gasteiger partial charge in [-0.2, -0.15) is 0 Å². The summed E-state index contributed by atoms with van der Waals surface area (Å²) < 4.78 is 2.10. The molecule has 23 heavy (non-hydrogen) atoms. The second kappa shape index (κ2) is 6.40. The number of carboxylic acid groups (broad SMARTS) is 1. The molecule has 6 nitrogen and oxygen atoms in total. The Morgan fingerprint density at radius 3 is 2.83 bits per heavy atom. The molecule has 0 aliphatic carbocycles. The lowest BCUT2D eigenvalue weighted by Crippen LogP contribution is -2.39. The summed E-state index contributed by atoms with van der Waals surface area (Å²) in [5.41, 5.74) is 2.07. The van der Waals surface area contributed by atoms with Gasteiger partial charge in [-0.25, -0.2) is 4.98 Å². The molecule has 0 spiro atoms. The Labute approximate surface area is 134 Å². The van der Waals surface area contributed by atoms with Crippen LogP contribution in [0.25, 0.3) is 11.0 Å². The van der Waals surface area contributed by atoms with Crippen LogP contribution in [0.15, 0.2) is 24.3 Å². The molecule has 6 heteroatoms. The highest BCUT2D eigenvalue weighted by Gasteiger charge is 2.27. The third-order valence-electron chi connectivity index (χ3n) is 4.51. The standard InChI is InChI=1S/C17H21N3O3/c1-19-14-7-3-2-6-13(14)18-17(19)12-5-4-10-20(11-12)15(21)8-9-16(22)23/h2-3,6-7,12H,4-5,8-11H2,1H3,(H,22,23). The molecule has 1 atom stereocenters. The number of nitrogens with zero attached hydrogens (tertiary/aromatic N) is 3. The van der Waals surface area contributed by atoms with Gasteiger partial charge in [0.1, 0.15) is 5.82 Å². The zero-order valence-electron chi connectivity index (χ0n) is 13.2. The molecule has 2 aromatic rings. The molecule has 1 saturated heterocycles. The molecular weight excluding hydrogens is 294 g/mol. The third-order valence-corrected chi connectivity index (χ3v) is 4.51. The van der Waals surface area contributed by atoms with Gasteiger partial charge in [-0.1, -0.05) is 12.1 Å². The lowest BCUT2D eigenvalue weighted by Gasteiger charge is -2.32. The second-order valence-electron chi connectivity index (χ2n) is 6.09. The Balaban J connectivity index is 1.76. The van der Waals surface area contributed by atoms with Gasteiger partial charge in [-0.05, 0) is 25.0 Å². The van der Waals surface area contributed by atoms with Crippen molar-refractivity contribution in [2.24, 2.45) is 7.05 Å². The maximum Gasteiger partial charge on any atom is 0.303 e. The highest BCUT2D eigenvalue weighted by atomic mass is 16.4. The minimum Gasteiger partial charge on any atom is -0.481 e. The van der Waals surface area contributed by atoms with Gasteiger partial charge >= 0.3 is 5.97 Å². The van der Waals surface area contributed by atoms with E-state index in [0.29, 0.717) is 13.1 Å². The average molecular weight is 315 g/mol. The monoisotopic (exact) mass is 315 g/mol. The van der Waals surface area contributed by atoms with Gasteiger partial charge in [-0.3, -0.25) is 9.59 Å². The zero-order chi connectivity index (χ0) is 16.4. The molecule has 1 amide bonds. The number of aryl methyl sites for hydroxylation is 1. The maximum atomic E-state index is 12.2. The number of aromatic nitrogens is 2. The normalized spacial score (nSPS) is 18.3. The number of fused-ring (bicyclic) bond motifs is 1. The van der Waals surface area contributed by atoms with E-state index in [1.807, 2.05) is 31.3 Å². The van der Waals surface area contributed by atoms with E-state index < -0.39 is 5.97 Å². The van der Waals surface area contributed by atoms with Crippen LogP contribution in [0.4, 0.5) is 0 Å². The summed E-state index contributed by atoms with van der Waals surface area (Å²) in [6.07, 6.45) is 1.89. The number of benzene rings is 1. The Kier molecular flexibility index (Phi) is 4.32. The van der Waals surface area contributed by atoms with Crippen LogP contribution in [0.1, 0.15) is 37.4 Å². The number of hydrogen-bond acceptors (Lipinski definition) is 3. The summed E-state index contributed by atoms with van der Waals surface area (Å²) in [5, 5.41) is 8.72. The molecule has 0 saturated carbocycles. The summed E-state index contributed by atoms with van der Waals surface area (Å²) in [4.78, 5) is 29.3. The number of imidazole rings is 1. The van der Waals surface area contributed by atoms with Crippen LogP contribution in [0.5, 0.6) is 0 Å².